The second kappa shape index (κ2) is 6.53. The highest BCUT2D eigenvalue weighted by Gasteiger charge is 2.28. The van der Waals surface area contributed by atoms with Crippen molar-refractivity contribution in [2.24, 2.45) is 11.8 Å². The summed E-state index contributed by atoms with van der Waals surface area (Å²) in [6.07, 6.45) is 1.37. The lowest BCUT2D eigenvalue weighted by molar-refractivity contribution is 0.0727. The van der Waals surface area contributed by atoms with Gasteiger partial charge in [-0.15, -0.1) is 0 Å². The zero-order valence-corrected chi connectivity index (χ0v) is 12.8. The topological polar surface area (TPSA) is 15.3 Å². The van der Waals surface area contributed by atoms with Crippen molar-refractivity contribution < 1.29 is 0 Å². The average molecular weight is 260 g/mol. The Balaban J connectivity index is 2.11. The third-order valence-electron chi connectivity index (χ3n) is 4.58. The predicted molar refractivity (Wildman–Crippen MR) is 82.0 cm³/mol. The van der Waals surface area contributed by atoms with Crippen molar-refractivity contribution >= 4 is 0 Å². The maximum Gasteiger partial charge on any atom is 0.0240 e. The SMILES string of the molecule is CNCc1ccccc1CN1CC(C)CC(C)C1C. The number of nitrogens with one attached hydrogen (secondary N) is 1. The molecule has 2 heteroatoms. The first-order valence-corrected chi connectivity index (χ1v) is 7.57. The molecule has 2 nitrogen and oxygen atoms in total. The van der Waals surface area contributed by atoms with Crippen molar-refractivity contribution in [3.05, 3.63) is 35.4 Å². The Morgan fingerprint density at radius 1 is 1.16 bits per heavy atom. The van der Waals surface area contributed by atoms with Crippen molar-refractivity contribution in [3.8, 4) is 0 Å². The average Bonchev–Trinajstić information content (AvgIpc) is 2.38. The van der Waals surface area contributed by atoms with Crippen LogP contribution in [0, 0.1) is 11.8 Å². The Morgan fingerprint density at radius 2 is 1.84 bits per heavy atom. The molecule has 1 aliphatic heterocycles. The second-order valence-electron chi connectivity index (χ2n) is 6.29. The Morgan fingerprint density at radius 3 is 2.53 bits per heavy atom. The minimum absolute atomic E-state index is 0.693. The van der Waals surface area contributed by atoms with Crippen molar-refractivity contribution in [1.82, 2.24) is 10.2 Å². The zero-order chi connectivity index (χ0) is 13.8. The molecule has 2 rings (SSSR count). The molecule has 1 heterocycles. The third kappa shape index (κ3) is 3.58. The molecule has 1 N–H and O–H groups in total. The molecule has 0 aliphatic carbocycles. The highest BCUT2D eigenvalue weighted by molar-refractivity contribution is 5.27. The van der Waals surface area contributed by atoms with E-state index in [-0.39, 0.29) is 0 Å². The molecule has 0 amide bonds. The molecule has 1 saturated heterocycles. The quantitative estimate of drug-likeness (QED) is 0.894. The number of likely N-dealkylation sites (tertiary alicyclic amines) is 1. The molecule has 0 saturated carbocycles. The van der Waals surface area contributed by atoms with Crippen LogP contribution in [-0.4, -0.2) is 24.5 Å². The van der Waals surface area contributed by atoms with E-state index in [4.69, 9.17) is 0 Å². The molecule has 0 bridgehead atoms. The summed E-state index contributed by atoms with van der Waals surface area (Å²) in [5.74, 6) is 1.63. The lowest BCUT2D eigenvalue weighted by Crippen LogP contribution is -2.45. The minimum Gasteiger partial charge on any atom is -0.316 e. The van der Waals surface area contributed by atoms with Gasteiger partial charge in [0.1, 0.15) is 0 Å². The van der Waals surface area contributed by atoms with E-state index < -0.39 is 0 Å². The predicted octanol–water partition coefficient (Wildman–Crippen LogP) is 3.27. The molecule has 0 radical (unpaired) electrons. The van der Waals surface area contributed by atoms with Gasteiger partial charge in [-0.3, -0.25) is 4.90 Å². The third-order valence-corrected chi connectivity index (χ3v) is 4.58. The van der Waals surface area contributed by atoms with Crippen LogP contribution in [0.4, 0.5) is 0 Å². The van der Waals surface area contributed by atoms with Gasteiger partial charge in [-0.1, -0.05) is 38.1 Å². The zero-order valence-electron chi connectivity index (χ0n) is 12.8. The maximum atomic E-state index is 3.27. The Bertz CT molecular complexity index is 402. The lowest BCUT2D eigenvalue weighted by atomic mass is 9.85. The molecule has 0 spiro atoms. The molecule has 1 fully saturated rings. The molecule has 19 heavy (non-hydrogen) atoms. The molecule has 0 aromatic heterocycles. The van der Waals surface area contributed by atoms with Gasteiger partial charge in [0.15, 0.2) is 0 Å². The Kier molecular flexibility index (Phi) is 5.00. The van der Waals surface area contributed by atoms with Gasteiger partial charge in [-0.25, -0.2) is 0 Å². The van der Waals surface area contributed by atoms with Crippen LogP contribution >= 0.6 is 0 Å². The van der Waals surface area contributed by atoms with Crippen LogP contribution in [0.3, 0.4) is 0 Å². The summed E-state index contributed by atoms with van der Waals surface area (Å²) >= 11 is 0. The second-order valence-corrected chi connectivity index (χ2v) is 6.29. The summed E-state index contributed by atoms with van der Waals surface area (Å²) in [5, 5.41) is 3.27. The highest BCUT2D eigenvalue weighted by Crippen LogP contribution is 2.28. The normalized spacial score (nSPS) is 28.5. The standard InChI is InChI=1S/C17H28N2/c1-13-9-14(2)15(3)19(11-13)12-17-8-6-5-7-16(17)10-18-4/h5-8,13-15,18H,9-12H2,1-4H3. The molecule has 106 valence electrons. The minimum atomic E-state index is 0.693. The van der Waals surface area contributed by atoms with E-state index in [2.05, 4.69) is 55.3 Å². The first-order valence-electron chi connectivity index (χ1n) is 7.57. The van der Waals surface area contributed by atoms with Crippen molar-refractivity contribution in [3.63, 3.8) is 0 Å². The number of nitrogens with zero attached hydrogens (tertiary/aromatic N) is 1. The van der Waals surface area contributed by atoms with Gasteiger partial charge < -0.3 is 5.32 Å². The van der Waals surface area contributed by atoms with Crippen LogP contribution in [0.2, 0.25) is 0 Å². The number of rotatable bonds is 4. The van der Waals surface area contributed by atoms with Crippen LogP contribution in [-0.2, 0) is 13.1 Å². The first kappa shape index (κ1) is 14.5. The van der Waals surface area contributed by atoms with Crippen LogP contribution < -0.4 is 5.32 Å². The fraction of sp³-hybridized carbons (Fsp3) is 0.647. The van der Waals surface area contributed by atoms with Gasteiger partial charge in [0.05, 0.1) is 0 Å². The van der Waals surface area contributed by atoms with Gasteiger partial charge >= 0.3 is 0 Å². The van der Waals surface area contributed by atoms with Crippen LogP contribution in [0.15, 0.2) is 24.3 Å². The van der Waals surface area contributed by atoms with Crippen molar-refractivity contribution in [2.75, 3.05) is 13.6 Å². The fourth-order valence-electron chi connectivity index (χ4n) is 3.33. The molecule has 1 aromatic rings. The van der Waals surface area contributed by atoms with E-state index in [9.17, 15) is 0 Å². The summed E-state index contributed by atoms with van der Waals surface area (Å²) in [6, 6.07) is 9.52. The van der Waals surface area contributed by atoms with E-state index in [0.717, 1.165) is 24.9 Å². The van der Waals surface area contributed by atoms with Gasteiger partial charge in [-0.2, -0.15) is 0 Å². The number of hydrogen-bond donors (Lipinski definition) is 1. The van der Waals surface area contributed by atoms with E-state index in [1.54, 1.807) is 0 Å². The molecular formula is C17H28N2. The summed E-state index contributed by atoms with van der Waals surface area (Å²) in [6.45, 7) is 10.5. The maximum absolute atomic E-state index is 3.27. The van der Waals surface area contributed by atoms with Gasteiger partial charge in [-0.05, 0) is 43.4 Å². The lowest BCUT2D eigenvalue weighted by Gasteiger charge is -2.41. The van der Waals surface area contributed by atoms with Crippen LogP contribution in [0.5, 0.6) is 0 Å². The first-order chi connectivity index (χ1) is 9.11. The van der Waals surface area contributed by atoms with E-state index in [1.165, 1.54) is 24.1 Å². The van der Waals surface area contributed by atoms with E-state index >= 15 is 0 Å². The monoisotopic (exact) mass is 260 g/mol. The Hall–Kier alpha value is -0.860. The van der Waals surface area contributed by atoms with E-state index in [1.807, 2.05) is 7.05 Å². The van der Waals surface area contributed by atoms with Crippen LogP contribution in [0.25, 0.3) is 0 Å². The number of piperidine rings is 1. The van der Waals surface area contributed by atoms with Crippen LogP contribution in [0.1, 0.15) is 38.3 Å². The summed E-state index contributed by atoms with van der Waals surface area (Å²) in [5.41, 5.74) is 2.91. The summed E-state index contributed by atoms with van der Waals surface area (Å²) < 4.78 is 0. The number of benzene rings is 1. The Labute approximate surface area is 118 Å². The smallest absolute Gasteiger partial charge is 0.0240 e. The van der Waals surface area contributed by atoms with Crippen molar-refractivity contribution in [1.29, 1.82) is 0 Å². The van der Waals surface area contributed by atoms with Gasteiger partial charge in [0.2, 0.25) is 0 Å². The number of hydrogen-bond acceptors (Lipinski definition) is 2. The molecule has 3 unspecified atom stereocenters. The van der Waals surface area contributed by atoms with Gasteiger partial charge in [0, 0.05) is 25.7 Å². The summed E-state index contributed by atoms with van der Waals surface area (Å²) in [4.78, 5) is 2.66. The van der Waals surface area contributed by atoms with Gasteiger partial charge in [0.25, 0.3) is 0 Å². The molecular weight excluding hydrogens is 232 g/mol. The highest BCUT2D eigenvalue weighted by atomic mass is 15.2. The molecule has 1 aliphatic rings. The fourth-order valence-corrected chi connectivity index (χ4v) is 3.33. The van der Waals surface area contributed by atoms with Crippen molar-refractivity contribution in [2.45, 2.75) is 46.3 Å². The largest absolute Gasteiger partial charge is 0.316 e. The summed E-state index contributed by atoms with van der Waals surface area (Å²) in [7, 11) is 2.02. The molecule has 1 aromatic carbocycles. The van der Waals surface area contributed by atoms with E-state index in [0.29, 0.717) is 6.04 Å². The molecule has 3 atom stereocenters.